The van der Waals surface area contributed by atoms with Gasteiger partial charge in [-0.3, -0.25) is 19.4 Å². The predicted octanol–water partition coefficient (Wildman–Crippen LogP) is 3.89. The number of nitrogens with one attached hydrogen (secondary N) is 2. The lowest BCUT2D eigenvalue weighted by atomic mass is 9.86. The van der Waals surface area contributed by atoms with Gasteiger partial charge in [-0.15, -0.1) is 24.5 Å². The smallest absolute Gasteiger partial charge is 0.404 e. The van der Waals surface area contributed by atoms with E-state index in [9.17, 15) is 36.0 Å². The Bertz CT molecular complexity index is 2060. The Hall–Kier alpha value is -4.85. The minimum absolute atomic E-state index is 0.0812. The van der Waals surface area contributed by atoms with Crippen LogP contribution in [0.2, 0.25) is 0 Å². The molecule has 4 heterocycles. The van der Waals surface area contributed by atoms with Gasteiger partial charge >= 0.3 is 6.36 Å². The van der Waals surface area contributed by atoms with Crippen molar-refractivity contribution in [1.29, 1.82) is 0 Å². The second kappa shape index (κ2) is 15.0. The molecule has 7 N–H and O–H groups in total. The number of benzene rings is 1. The molecule has 0 bridgehead atoms. The van der Waals surface area contributed by atoms with Crippen LogP contribution in [-0.4, -0.2) is 73.6 Å². The van der Waals surface area contributed by atoms with Crippen molar-refractivity contribution in [1.82, 2.24) is 10.3 Å². The van der Waals surface area contributed by atoms with Crippen LogP contribution in [0.1, 0.15) is 65.9 Å². The maximum absolute atomic E-state index is 12.7. The zero-order valence-corrected chi connectivity index (χ0v) is 30.3. The zero-order chi connectivity index (χ0) is 38.8. The monoisotopic (exact) mass is 766 g/mol. The van der Waals surface area contributed by atoms with Gasteiger partial charge in [0.25, 0.3) is 17.7 Å². The number of amides is 3. The Labute approximate surface area is 301 Å². The molecule has 19 heteroatoms. The molecule has 2 aliphatic heterocycles. The second-order valence-corrected chi connectivity index (χ2v) is 15.8. The van der Waals surface area contributed by atoms with E-state index in [1.807, 2.05) is 27.7 Å². The average Bonchev–Trinajstić information content (AvgIpc) is 3.68. The molecule has 1 atom stereocenters. The number of aliphatic imine (C=N–C) groups is 1. The van der Waals surface area contributed by atoms with Crippen molar-refractivity contribution in [3.8, 4) is 5.75 Å². The zero-order valence-electron chi connectivity index (χ0n) is 28.6. The number of aliphatic hydroxyl groups is 1. The van der Waals surface area contributed by atoms with Crippen LogP contribution in [0, 0.1) is 0 Å². The molecule has 0 spiro atoms. The van der Waals surface area contributed by atoms with Gasteiger partial charge < -0.3 is 36.7 Å². The van der Waals surface area contributed by atoms with Gasteiger partial charge in [-0.05, 0) is 64.5 Å². The van der Waals surface area contributed by atoms with Gasteiger partial charge in [0.05, 0.1) is 40.0 Å². The second-order valence-electron chi connectivity index (χ2n) is 12.8. The molecule has 14 nitrogen and oxygen atoms in total. The van der Waals surface area contributed by atoms with Crippen molar-refractivity contribution in [2.45, 2.75) is 74.5 Å². The number of allylic oxidation sites excluding steroid dienone is 1. The molecule has 2 aliphatic rings. The summed E-state index contributed by atoms with van der Waals surface area (Å²) in [4.78, 5) is 43.8. The molecule has 0 saturated carbocycles. The van der Waals surface area contributed by atoms with Crippen molar-refractivity contribution < 1.29 is 50.6 Å². The minimum Gasteiger partial charge on any atom is -0.404 e. The van der Waals surface area contributed by atoms with Gasteiger partial charge in [0, 0.05) is 35.8 Å². The number of aliphatic hydroxyl groups excluding tert-OH is 1. The lowest BCUT2D eigenvalue weighted by Crippen LogP contribution is -2.42. The number of ether oxygens (including phenoxy) is 2. The summed E-state index contributed by atoms with van der Waals surface area (Å²) in [5, 5.41) is 14.8. The van der Waals surface area contributed by atoms with E-state index in [0.29, 0.717) is 29.1 Å². The highest BCUT2D eigenvalue weighted by atomic mass is 32.2. The standard InChI is InChI=1S/C17H21N3O3S.C16H16F3N3O5S/c1-16(2)7-10-11(13(18)21)15(24-12(10)17(3,4)23-16)20-14(22)9-5-6-19-8-9;1-9(23)7-22-15(24)14-11(20)6-10(8-21-14)28(25,26)13-5-3-2-4-12(13)27-16(17,18)19/h5-6H,7-8H2,1-4H3,(H2,18,21)(H,20,22);2-6,8-9,23H,7,20H2,1H3,(H,22,24)/t;9-/m.0/s1. The number of carbonyl (C=O) groups excluding carboxylic acids is 3. The van der Waals surface area contributed by atoms with E-state index < -0.39 is 60.9 Å². The van der Waals surface area contributed by atoms with Gasteiger partial charge in [-0.1, -0.05) is 12.1 Å². The third-order valence-corrected chi connectivity index (χ3v) is 10.6. The van der Waals surface area contributed by atoms with Crippen LogP contribution in [0.25, 0.3) is 0 Å². The van der Waals surface area contributed by atoms with E-state index in [0.717, 1.165) is 34.8 Å². The number of pyridine rings is 1. The van der Waals surface area contributed by atoms with E-state index in [1.54, 1.807) is 12.3 Å². The maximum Gasteiger partial charge on any atom is 0.573 e. The van der Waals surface area contributed by atoms with Crippen LogP contribution >= 0.6 is 11.3 Å². The van der Waals surface area contributed by atoms with Crippen LogP contribution < -0.4 is 26.8 Å². The number of thiophene rings is 1. The van der Waals surface area contributed by atoms with E-state index in [1.165, 1.54) is 30.4 Å². The quantitative estimate of drug-likeness (QED) is 0.211. The number of halogens is 3. The molecular weight excluding hydrogens is 730 g/mol. The SMILES string of the molecule is CC1(C)Cc2c(sc(NC(=O)C3=CC=NC3)c2C(N)=O)C(C)(C)O1.C[C@H](O)CNC(=O)c1ncc(S(=O)(=O)c2ccccc2OC(F)(F)F)cc1N. The molecule has 280 valence electrons. The van der Waals surface area contributed by atoms with Crippen molar-refractivity contribution in [3.05, 3.63) is 69.9 Å². The summed E-state index contributed by atoms with van der Waals surface area (Å²) in [5.41, 5.74) is 11.6. The van der Waals surface area contributed by atoms with Gasteiger partial charge in [0.2, 0.25) is 9.84 Å². The fraction of sp³-hybridized carbons (Fsp3) is 0.364. The summed E-state index contributed by atoms with van der Waals surface area (Å²) >= 11 is 1.36. The molecule has 1 aromatic carbocycles. The van der Waals surface area contributed by atoms with Crippen LogP contribution in [0.5, 0.6) is 5.75 Å². The summed E-state index contributed by atoms with van der Waals surface area (Å²) in [7, 11) is -4.47. The predicted molar refractivity (Wildman–Crippen MR) is 186 cm³/mol. The van der Waals surface area contributed by atoms with E-state index >= 15 is 0 Å². The molecule has 3 aromatic rings. The molecule has 0 aliphatic carbocycles. The number of rotatable bonds is 9. The first-order valence-corrected chi connectivity index (χ1v) is 17.8. The number of aromatic nitrogens is 1. The number of nitrogens with two attached hydrogens (primary N) is 2. The fourth-order valence-corrected chi connectivity index (χ4v) is 8.09. The first kappa shape index (κ1) is 39.9. The number of carbonyl (C=O) groups is 3. The van der Waals surface area contributed by atoms with Crippen LogP contribution in [0.15, 0.2) is 63.0 Å². The number of fused-ring (bicyclic) bond motifs is 1. The Morgan fingerprint density at radius 2 is 1.83 bits per heavy atom. The van der Waals surface area contributed by atoms with Crippen molar-refractivity contribution >= 4 is 55.8 Å². The van der Waals surface area contributed by atoms with Crippen molar-refractivity contribution in [2.75, 3.05) is 24.1 Å². The van der Waals surface area contributed by atoms with Crippen LogP contribution in [0.3, 0.4) is 0 Å². The number of sulfone groups is 1. The number of hydrogen-bond donors (Lipinski definition) is 5. The van der Waals surface area contributed by atoms with Gasteiger partial charge in [-0.2, -0.15) is 0 Å². The number of primary amides is 1. The largest absolute Gasteiger partial charge is 0.573 e. The highest BCUT2D eigenvalue weighted by Crippen LogP contribution is 2.48. The fourth-order valence-electron chi connectivity index (χ4n) is 5.48. The molecule has 0 saturated heterocycles. The average molecular weight is 767 g/mol. The lowest BCUT2D eigenvalue weighted by molar-refractivity contribution is -0.275. The Morgan fingerprint density at radius 1 is 1.15 bits per heavy atom. The van der Waals surface area contributed by atoms with Gasteiger partial charge in [0.15, 0.2) is 5.69 Å². The van der Waals surface area contributed by atoms with E-state index in [2.05, 4.69) is 25.3 Å². The summed E-state index contributed by atoms with van der Waals surface area (Å²) < 4.78 is 73.0. The molecule has 52 heavy (non-hydrogen) atoms. The Balaban J connectivity index is 0.000000235. The van der Waals surface area contributed by atoms with Gasteiger partial charge in [-0.25, -0.2) is 13.4 Å². The third-order valence-electron chi connectivity index (χ3n) is 7.44. The molecule has 0 radical (unpaired) electrons. The van der Waals surface area contributed by atoms with Gasteiger partial charge in [0.1, 0.15) is 15.6 Å². The number of anilines is 2. The summed E-state index contributed by atoms with van der Waals surface area (Å²) in [6, 6.07) is 5.11. The number of nitrogen functional groups attached to an aromatic ring is 1. The number of hydrogen-bond acceptors (Lipinski definition) is 12. The number of para-hydroxylation sites is 1. The van der Waals surface area contributed by atoms with Crippen LogP contribution in [-0.2, 0) is 31.4 Å². The molecular formula is C33H37F3N6O8S2. The first-order valence-electron chi connectivity index (χ1n) is 15.5. The first-order chi connectivity index (χ1) is 24.0. The topological polar surface area (TPSA) is 225 Å². The number of alkyl halides is 3. The molecule has 2 aromatic heterocycles. The van der Waals surface area contributed by atoms with Crippen LogP contribution in [0.4, 0.5) is 23.9 Å². The van der Waals surface area contributed by atoms with E-state index in [4.69, 9.17) is 21.3 Å². The van der Waals surface area contributed by atoms with E-state index in [-0.39, 0.29) is 23.8 Å². The summed E-state index contributed by atoms with van der Waals surface area (Å²) in [6.45, 7) is 9.61. The van der Waals surface area contributed by atoms with Crippen molar-refractivity contribution in [2.24, 2.45) is 10.7 Å². The summed E-state index contributed by atoms with van der Waals surface area (Å²) in [6.07, 6.45) is -1.27. The lowest BCUT2D eigenvalue weighted by Gasteiger charge is -2.41. The normalized spacial score (nSPS) is 16.4. The molecule has 5 rings (SSSR count). The molecule has 0 unspecified atom stereocenters. The summed E-state index contributed by atoms with van der Waals surface area (Å²) in [5.74, 6) is -2.45. The Morgan fingerprint density at radius 3 is 2.40 bits per heavy atom. The maximum atomic E-state index is 12.7. The minimum atomic E-state index is -5.09. The molecule has 0 fully saturated rings. The number of nitrogens with zero attached hydrogens (tertiary/aromatic N) is 2. The third kappa shape index (κ3) is 9.32. The van der Waals surface area contributed by atoms with Crippen molar-refractivity contribution in [3.63, 3.8) is 0 Å². The highest BCUT2D eigenvalue weighted by Gasteiger charge is 2.43. The highest BCUT2D eigenvalue weighted by molar-refractivity contribution is 7.91. The molecule has 3 amide bonds. The Kier molecular flexibility index (Phi) is 11.5.